The molecule has 1 aliphatic rings. The third kappa shape index (κ3) is 2.22. The van der Waals surface area contributed by atoms with E-state index in [1.165, 1.54) is 12.3 Å². The minimum atomic E-state index is -0.353. The minimum Gasteiger partial charge on any atom is -0.327 e. The van der Waals surface area contributed by atoms with E-state index in [2.05, 4.69) is 4.98 Å². The van der Waals surface area contributed by atoms with E-state index in [4.69, 9.17) is 17.3 Å². The van der Waals surface area contributed by atoms with Crippen molar-refractivity contribution < 1.29 is 4.39 Å². The van der Waals surface area contributed by atoms with Crippen molar-refractivity contribution in [1.29, 1.82) is 0 Å². The van der Waals surface area contributed by atoms with Crippen molar-refractivity contribution in [2.24, 2.45) is 11.7 Å². The monoisotopic (exact) mass is 214 g/mol. The van der Waals surface area contributed by atoms with E-state index in [0.717, 1.165) is 12.8 Å². The fourth-order valence-electron chi connectivity index (χ4n) is 1.51. The van der Waals surface area contributed by atoms with Crippen molar-refractivity contribution in [1.82, 2.24) is 4.98 Å². The second-order valence-electron chi connectivity index (χ2n) is 3.79. The zero-order chi connectivity index (χ0) is 10.1. The topological polar surface area (TPSA) is 38.9 Å². The standard InChI is InChI=1S/C10H12ClFN2/c11-7-3-8(12)10(14-5-7)4-9(13)6-1-2-6/h3,5-6,9H,1-2,4,13H2. The molecular weight excluding hydrogens is 203 g/mol. The van der Waals surface area contributed by atoms with Crippen molar-refractivity contribution in [3.05, 3.63) is 28.8 Å². The maximum atomic E-state index is 13.3. The van der Waals surface area contributed by atoms with Crippen molar-refractivity contribution in [2.75, 3.05) is 0 Å². The molecule has 0 aliphatic heterocycles. The van der Waals surface area contributed by atoms with Gasteiger partial charge in [-0.3, -0.25) is 4.98 Å². The number of halogens is 2. The van der Waals surface area contributed by atoms with E-state index in [0.29, 0.717) is 23.1 Å². The summed E-state index contributed by atoms with van der Waals surface area (Å²) in [6, 6.07) is 1.32. The molecule has 2 nitrogen and oxygen atoms in total. The van der Waals surface area contributed by atoms with Crippen molar-refractivity contribution in [3.8, 4) is 0 Å². The highest BCUT2D eigenvalue weighted by molar-refractivity contribution is 6.30. The summed E-state index contributed by atoms with van der Waals surface area (Å²) in [6.45, 7) is 0. The van der Waals surface area contributed by atoms with E-state index < -0.39 is 0 Å². The van der Waals surface area contributed by atoms with E-state index >= 15 is 0 Å². The molecule has 14 heavy (non-hydrogen) atoms. The lowest BCUT2D eigenvalue weighted by Crippen LogP contribution is -2.26. The Kier molecular flexibility index (Phi) is 2.70. The largest absolute Gasteiger partial charge is 0.327 e. The van der Waals surface area contributed by atoms with Crippen LogP contribution in [0, 0.1) is 11.7 Å². The molecule has 1 atom stereocenters. The van der Waals surface area contributed by atoms with Crippen LogP contribution in [0.2, 0.25) is 5.02 Å². The second-order valence-corrected chi connectivity index (χ2v) is 4.22. The van der Waals surface area contributed by atoms with Crippen LogP contribution in [-0.2, 0) is 6.42 Å². The van der Waals surface area contributed by atoms with Gasteiger partial charge in [-0.1, -0.05) is 11.6 Å². The first kappa shape index (κ1) is 9.87. The minimum absolute atomic E-state index is 0.0400. The molecule has 1 aromatic rings. The van der Waals surface area contributed by atoms with Crippen LogP contribution >= 0.6 is 11.6 Å². The first-order valence-electron chi connectivity index (χ1n) is 4.72. The predicted molar refractivity (Wildman–Crippen MR) is 53.6 cm³/mol. The number of aromatic nitrogens is 1. The quantitative estimate of drug-likeness (QED) is 0.838. The van der Waals surface area contributed by atoms with Crippen LogP contribution in [0.1, 0.15) is 18.5 Å². The molecule has 1 fully saturated rings. The number of nitrogens with zero attached hydrogens (tertiary/aromatic N) is 1. The van der Waals surface area contributed by atoms with Crippen LogP contribution in [-0.4, -0.2) is 11.0 Å². The molecule has 1 aliphatic carbocycles. The Morgan fingerprint density at radius 1 is 1.64 bits per heavy atom. The molecule has 0 amide bonds. The summed E-state index contributed by atoms with van der Waals surface area (Å²) in [5.74, 6) is 0.209. The van der Waals surface area contributed by atoms with Crippen LogP contribution in [0.15, 0.2) is 12.3 Å². The van der Waals surface area contributed by atoms with E-state index in [1.807, 2.05) is 0 Å². The average molecular weight is 215 g/mol. The van der Waals surface area contributed by atoms with Gasteiger partial charge in [0.25, 0.3) is 0 Å². The first-order chi connectivity index (χ1) is 6.66. The molecular formula is C10H12ClFN2. The molecule has 1 saturated carbocycles. The van der Waals surface area contributed by atoms with Crippen molar-refractivity contribution in [2.45, 2.75) is 25.3 Å². The zero-order valence-electron chi connectivity index (χ0n) is 7.71. The van der Waals surface area contributed by atoms with Gasteiger partial charge >= 0.3 is 0 Å². The summed E-state index contributed by atoms with van der Waals surface area (Å²) in [6.07, 6.45) is 4.29. The summed E-state index contributed by atoms with van der Waals surface area (Å²) in [5.41, 5.74) is 6.30. The number of rotatable bonds is 3. The van der Waals surface area contributed by atoms with Gasteiger partial charge in [0.1, 0.15) is 5.82 Å². The lowest BCUT2D eigenvalue weighted by Gasteiger charge is -2.09. The normalized spacial score (nSPS) is 18.2. The van der Waals surface area contributed by atoms with Gasteiger partial charge in [-0.2, -0.15) is 0 Å². The Labute approximate surface area is 87.3 Å². The van der Waals surface area contributed by atoms with Crippen LogP contribution in [0.25, 0.3) is 0 Å². The van der Waals surface area contributed by atoms with Gasteiger partial charge in [0.05, 0.1) is 10.7 Å². The summed E-state index contributed by atoms with van der Waals surface area (Å²) < 4.78 is 13.3. The number of hydrogen-bond acceptors (Lipinski definition) is 2. The van der Waals surface area contributed by atoms with Gasteiger partial charge in [0, 0.05) is 18.7 Å². The van der Waals surface area contributed by atoms with Gasteiger partial charge in [0.2, 0.25) is 0 Å². The summed E-state index contributed by atoms with van der Waals surface area (Å²) in [5, 5.41) is 0.325. The number of hydrogen-bond donors (Lipinski definition) is 1. The molecule has 0 aromatic carbocycles. The lowest BCUT2D eigenvalue weighted by atomic mass is 10.1. The highest BCUT2D eigenvalue weighted by atomic mass is 35.5. The van der Waals surface area contributed by atoms with Crippen LogP contribution < -0.4 is 5.73 Å². The van der Waals surface area contributed by atoms with Crippen LogP contribution in [0.5, 0.6) is 0 Å². The summed E-state index contributed by atoms with van der Waals surface area (Å²) in [7, 11) is 0. The van der Waals surface area contributed by atoms with Crippen LogP contribution in [0.3, 0.4) is 0 Å². The van der Waals surface area contributed by atoms with Crippen LogP contribution in [0.4, 0.5) is 4.39 Å². The highest BCUT2D eigenvalue weighted by Gasteiger charge is 2.29. The van der Waals surface area contributed by atoms with Crippen molar-refractivity contribution >= 4 is 11.6 Å². The third-order valence-corrected chi connectivity index (χ3v) is 2.75. The fourth-order valence-corrected chi connectivity index (χ4v) is 1.65. The maximum Gasteiger partial charge on any atom is 0.146 e. The van der Waals surface area contributed by atoms with Gasteiger partial charge in [-0.15, -0.1) is 0 Å². The maximum absolute atomic E-state index is 13.3. The first-order valence-corrected chi connectivity index (χ1v) is 5.10. The second kappa shape index (κ2) is 3.83. The highest BCUT2D eigenvalue weighted by Crippen LogP contribution is 2.32. The van der Waals surface area contributed by atoms with E-state index in [9.17, 15) is 4.39 Å². The smallest absolute Gasteiger partial charge is 0.146 e. The molecule has 4 heteroatoms. The number of nitrogens with two attached hydrogens (primary N) is 1. The molecule has 1 heterocycles. The van der Waals surface area contributed by atoms with E-state index in [-0.39, 0.29) is 11.9 Å². The Morgan fingerprint density at radius 3 is 2.93 bits per heavy atom. The molecule has 0 bridgehead atoms. The lowest BCUT2D eigenvalue weighted by molar-refractivity contribution is 0.543. The third-order valence-electron chi connectivity index (χ3n) is 2.54. The van der Waals surface area contributed by atoms with Gasteiger partial charge in [-0.25, -0.2) is 4.39 Å². The summed E-state index contributed by atoms with van der Waals surface area (Å²) in [4.78, 5) is 3.94. The molecule has 0 radical (unpaired) electrons. The molecule has 1 unspecified atom stereocenters. The van der Waals surface area contributed by atoms with Gasteiger partial charge < -0.3 is 5.73 Å². The van der Waals surface area contributed by atoms with Gasteiger partial charge in [-0.05, 0) is 24.8 Å². The SMILES string of the molecule is NC(Cc1ncc(Cl)cc1F)C1CC1. The van der Waals surface area contributed by atoms with E-state index in [1.54, 1.807) is 0 Å². The van der Waals surface area contributed by atoms with Gasteiger partial charge in [0.15, 0.2) is 0 Å². The average Bonchev–Trinajstić information content (AvgIpc) is 2.92. The van der Waals surface area contributed by atoms with Crippen molar-refractivity contribution in [3.63, 3.8) is 0 Å². The number of pyridine rings is 1. The zero-order valence-corrected chi connectivity index (χ0v) is 8.47. The molecule has 0 saturated heterocycles. The Bertz CT molecular complexity index is 339. The molecule has 2 rings (SSSR count). The molecule has 0 spiro atoms. The Morgan fingerprint density at radius 2 is 2.36 bits per heavy atom. The Balaban J connectivity index is 2.07. The molecule has 1 aromatic heterocycles. The molecule has 76 valence electrons. The molecule has 2 N–H and O–H groups in total. The summed E-state index contributed by atoms with van der Waals surface area (Å²) >= 11 is 5.59. The Hall–Kier alpha value is -0.670. The predicted octanol–water partition coefficient (Wildman–Crippen LogP) is 2.15. The fraction of sp³-hybridized carbons (Fsp3) is 0.500.